The zero-order chi connectivity index (χ0) is 14.8. The van der Waals surface area contributed by atoms with E-state index in [4.69, 9.17) is 0 Å². The van der Waals surface area contributed by atoms with Gasteiger partial charge in [0.25, 0.3) is 11.8 Å². The highest BCUT2D eigenvalue weighted by atomic mass is 79.9. The minimum absolute atomic E-state index is 0.211. The highest BCUT2D eigenvalue weighted by Crippen LogP contribution is 2.27. The van der Waals surface area contributed by atoms with E-state index >= 15 is 0 Å². The summed E-state index contributed by atoms with van der Waals surface area (Å²) >= 11 is 3.26. The lowest BCUT2D eigenvalue weighted by Crippen LogP contribution is -2.44. The van der Waals surface area contributed by atoms with Gasteiger partial charge in [-0.05, 0) is 23.8 Å². The maximum absolute atomic E-state index is 12.5. The predicted molar refractivity (Wildman–Crippen MR) is 82.1 cm³/mol. The fourth-order valence-electron chi connectivity index (χ4n) is 2.28. The molecule has 1 N–H and O–H groups in total. The van der Waals surface area contributed by atoms with Gasteiger partial charge >= 0.3 is 0 Å². The third-order valence-electron chi connectivity index (χ3n) is 3.32. The Morgan fingerprint density at radius 1 is 1.19 bits per heavy atom. The molecule has 0 saturated heterocycles. The zero-order valence-corrected chi connectivity index (χ0v) is 12.6. The smallest absolute Gasteiger partial charge is 0.260 e. The maximum Gasteiger partial charge on any atom is 0.260 e. The average molecular weight is 346 g/mol. The number of para-hydroxylation sites is 1. The van der Waals surface area contributed by atoms with Gasteiger partial charge < -0.3 is 5.32 Å². The number of pyridine rings is 1. The lowest BCUT2D eigenvalue weighted by molar-refractivity contribution is -0.118. The molecule has 2 aromatic rings. The Kier molecular flexibility index (Phi) is 3.70. The summed E-state index contributed by atoms with van der Waals surface area (Å²) in [6.07, 6.45) is 3.76. The molecule has 1 aromatic carbocycles. The minimum atomic E-state index is -0.631. The zero-order valence-electron chi connectivity index (χ0n) is 11.0. The standard InChI is InChI=1S/C15H12BrN3O2/c16-19-13-6-2-1-5-11(13)14(20)18-12(15(19)21)8-10-4-3-7-17-9-10/h1-7,9,12H,8H2,(H,18,20)/t12-/m1/s1. The van der Waals surface area contributed by atoms with E-state index in [0.29, 0.717) is 17.7 Å². The van der Waals surface area contributed by atoms with E-state index in [1.165, 1.54) is 3.93 Å². The Hall–Kier alpha value is -2.21. The summed E-state index contributed by atoms with van der Waals surface area (Å²) in [6, 6.07) is 10.0. The quantitative estimate of drug-likeness (QED) is 0.847. The summed E-state index contributed by atoms with van der Waals surface area (Å²) in [5.41, 5.74) is 1.91. The van der Waals surface area contributed by atoms with Crippen LogP contribution in [0.3, 0.4) is 0 Å². The van der Waals surface area contributed by atoms with Crippen LogP contribution in [0.1, 0.15) is 15.9 Å². The van der Waals surface area contributed by atoms with Crippen LogP contribution < -0.4 is 9.24 Å². The van der Waals surface area contributed by atoms with Crippen LogP contribution in [-0.2, 0) is 11.2 Å². The van der Waals surface area contributed by atoms with Gasteiger partial charge in [-0.1, -0.05) is 18.2 Å². The van der Waals surface area contributed by atoms with E-state index in [1.54, 1.807) is 42.7 Å². The molecule has 106 valence electrons. The number of hydrogen-bond donors (Lipinski definition) is 1. The number of nitrogens with zero attached hydrogens (tertiary/aromatic N) is 2. The molecule has 1 aliphatic rings. The number of aromatic nitrogens is 1. The highest BCUT2D eigenvalue weighted by Gasteiger charge is 2.32. The summed E-state index contributed by atoms with van der Waals surface area (Å²) in [4.78, 5) is 28.8. The van der Waals surface area contributed by atoms with E-state index in [0.717, 1.165) is 5.56 Å². The number of fused-ring (bicyclic) bond motifs is 1. The van der Waals surface area contributed by atoms with Crippen molar-refractivity contribution in [1.82, 2.24) is 10.3 Å². The molecule has 0 fully saturated rings. The van der Waals surface area contributed by atoms with Crippen LogP contribution in [0.2, 0.25) is 0 Å². The van der Waals surface area contributed by atoms with Gasteiger partial charge in [0.15, 0.2) is 0 Å². The van der Waals surface area contributed by atoms with Crippen molar-refractivity contribution in [2.45, 2.75) is 12.5 Å². The van der Waals surface area contributed by atoms with Gasteiger partial charge in [0.05, 0.1) is 27.4 Å². The summed E-state index contributed by atoms with van der Waals surface area (Å²) in [5, 5.41) is 2.78. The van der Waals surface area contributed by atoms with Crippen molar-refractivity contribution in [2.24, 2.45) is 0 Å². The van der Waals surface area contributed by atoms with Crippen molar-refractivity contribution in [3.8, 4) is 0 Å². The molecule has 6 heteroatoms. The molecule has 5 nitrogen and oxygen atoms in total. The lowest BCUT2D eigenvalue weighted by atomic mass is 10.1. The lowest BCUT2D eigenvalue weighted by Gasteiger charge is -2.18. The number of halogens is 1. The maximum atomic E-state index is 12.5. The van der Waals surface area contributed by atoms with E-state index in [1.807, 2.05) is 6.07 Å². The van der Waals surface area contributed by atoms with E-state index in [9.17, 15) is 9.59 Å². The molecule has 0 aliphatic carbocycles. The Balaban J connectivity index is 1.93. The number of anilines is 1. The molecule has 0 unspecified atom stereocenters. The largest absolute Gasteiger partial charge is 0.340 e. The summed E-state index contributed by atoms with van der Waals surface area (Å²) in [7, 11) is 0. The second-order valence-electron chi connectivity index (χ2n) is 4.73. The molecule has 0 spiro atoms. The number of benzene rings is 1. The molecule has 0 radical (unpaired) electrons. The van der Waals surface area contributed by atoms with E-state index in [2.05, 4.69) is 26.4 Å². The molecule has 0 saturated carbocycles. The minimum Gasteiger partial charge on any atom is -0.340 e. The van der Waals surface area contributed by atoms with Crippen molar-refractivity contribution in [3.05, 3.63) is 59.9 Å². The van der Waals surface area contributed by atoms with E-state index in [-0.39, 0.29) is 11.8 Å². The third-order valence-corrected chi connectivity index (χ3v) is 4.05. The van der Waals surface area contributed by atoms with Gasteiger partial charge in [-0.3, -0.25) is 14.6 Å². The molecule has 3 rings (SSSR count). The van der Waals surface area contributed by atoms with Crippen LogP contribution >= 0.6 is 16.1 Å². The topological polar surface area (TPSA) is 62.3 Å². The number of hydrogen-bond acceptors (Lipinski definition) is 3. The first-order valence-corrected chi connectivity index (χ1v) is 7.16. The number of nitrogens with one attached hydrogen (secondary N) is 1. The van der Waals surface area contributed by atoms with Gasteiger partial charge in [0.2, 0.25) is 0 Å². The van der Waals surface area contributed by atoms with Gasteiger partial charge in [-0.25, -0.2) is 3.93 Å². The molecule has 2 amide bonds. The fraction of sp³-hybridized carbons (Fsp3) is 0.133. The van der Waals surface area contributed by atoms with Crippen LogP contribution in [0.15, 0.2) is 48.8 Å². The van der Waals surface area contributed by atoms with Crippen molar-refractivity contribution < 1.29 is 9.59 Å². The van der Waals surface area contributed by atoms with Crippen molar-refractivity contribution in [2.75, 3.05) is 3.93 Å². The second-order valence-corrected chi connectivity index (χ2v) is 5.44. The highest BCUT2D eigenvalue weighted by molar-refractivity contribution is 9.10. The predicted octanol–water partition coefficient (Wildman–Crippen LogP) is 2.08. The fourth-order valence-corrected chi connectivity index (χ4v) is 2.84. The van der Waals surface area contributed by atoms with Gasteiger partial charge in [0, 0.05) is 18.8 Å². The van der Waals surface area contributed by atoms with Gasteiger partial charge in [-0.2, -0.15) is 0 Å². The van der Waals surface area contributed by atoms with Gasteiger partial charge in [-0.15, -0.1) is 0 Å². The molecular formula is C15H12BrN3O2. The van der Waals surface area contributed by atoms with Crippen LogP contribution in [0.25, 0.3) is 0 Å². The van der Waals surface area contributed by atoms with E-state index < -0.39 is 6.04 Å². The molecule has 1 atom stereocenters. The second kappa shape index (κ2) is 5.65. The summed E-state index contributed by atoms with van der Waals surface area (Å²) < 4.78 is 1.35. The SMILES string of the molecule is O=C1N[C@H](Cc2cccnc2)C(=O)N(Br)c2ccccc21. The first-order chi connectivity index (χ1) is 10.2. The Labute approximate surface area is 130 Å². The number of carbonyl (C=O) groups is 2. The molecule has 1 aliphatic heterocycles. The summed E-state index contributed by atoms with van der Waals surface area (Å²) in [5.74, 6) is -0.466. The van der Waals surface area contributed by atoms with Crippen molar-refractivity contribution >= 4 is 33.6 Å². The number of carbonyl (C=O) groups excluding carboxylic acids is 2. The molecular weight excluding hydrogens is 334 g/mol. The molecule has 21 heavy (non-hydrogen) atoms. The first-order valence-electron chi connectivity index (χ1n) is 6.45. The third kappa shape index (κ3) is 2.67. The molecule has 0 bridgehead atoms. The van der Waals surface area contributed by atoms with Gasteiger partial charge in [0.1, 0.15) is 6.04 Å². The Bertz CT molecular complexity index is 690. The average Bonchev–Trinajstić information content (AvgIpc) is 2.61. The van der Waals surface area contributed by atoms with Crippen LogP contribution in [-0.4, -0.2) is 22.8 Å². The number of amides is 2. The van der Waals surface area contributed by atoms with Crippen LogP contribution in [0.4, 0.5) is 5.69 Å². The van der Waals surface area contributed by atoms with Crippen molar-refractivity contribution in [3.63, 3.8) is 0 Å². The Morgan fingerprint density at radius 2 is 2.00 bits per heavy atom. The van der Waals surface area contributed by atoms with Crippen LogP contribution in [0.5, 0.6) is 0 Å². The Morgan fingerprint density at radius 3 is 2.76 bits per heavy atom. The molecule has 1 aromatic heterocycles. The number of rotatable bonds is 2. The first kappa shape index (κ1) is 13.8. The van der Waals surface area contributed by atoms with Crippen molar-refractivity contribution in [1.29, 1.82) is 0 Å². The normalized spacial score (nSPS) is 18.0. The van der Waals surface area contributed by atoms with Crippen LogP contribution in [0, 0.1) is 0 Å². The monoisotopic (exact) mass is 345 g/mol. The molecule has 2 heterocycles. The summed E-state index contributed by atoms with van der Waals surface area (Å²) in [6.45, 7) is 0.